The van der Waals surface area contributed by atoms with Crippen LogP contribution in [0.25, 0.3) is 0 Å². The standard InChI is InChI=1S/C14H15N5O4S/c1-2-19-7-15-18-14(19)24-6-12(20)17-13(21)16-9-3-4-10-11(5-9)23-8-22-10/h3-5,7H,2,6,8H2,1H3,(H2,16,17,20,21). The van der Waals surface area contributed by atoms with Gasteiger partial charge in [-0.15, -0.1) is 10.2 Å². The number of anilines is 1. The van der Waals surface area contributed by atoms with E-state index < -0.39 is 11.9 Å². The molecule has 24 heavy (non-hydrogen) atoms. The summed E-state index contributed by atoms with van der Waals surface area (Å²) in [4.78, 5) is 23.7. The zero-order valence-electron chi connectivity index (χ0n) is 12.8. The number of rotatable bonds is 5. The summed E-state index contributed by atoms with van der Waals surface area (Å²) in [7, 11) is 0. The molecule has 1 aromatic carbocycles. The fraction of sp³-hybridized carbons (Fsp3) is 0.286. The molecule has 0 saturated heterocycles. The number of nitrogens with one attached hydrogen (secondary N) is 2. The number of hydrogen-bond acceptors (Lipinski definition) is 7. The van der Waals surface area contributed by atoms with Crippen molar-refractivity contribution in [1.82, 2.24) is 20.1 Å². The van der Waals surface area contributed by atoms with Gasteiger partial charge in [-0.05, 0) is 19.1 Å². The van der Waals surface area contributed by atoms with E-state index in [9.17, 15) is 9.59 Å². The van der Waals surface area contributed by atoms with Gasteiger partial charge in [0.25, 0.3) is 0 Å². The van der Waals surface area contributed by atoms with Gasteiger partial charge in [-0.25, -0.2) is 4.79 Å². The smallest absolute Gasteiger partial charge is 0.325 e. The highest BCUT2D eigenvalue weighted by atomic mass is 32.2. The molecule has 0 radical (unpaired) electrons. The minimum Gasteiger partial charge on any atom is -0.454 e. The number of urea groups is 1. The second kappa shape index (κ2) is 7.21. The van der Waals surface area contributed by atoms with Crippen molar-refractivity contribution < 1.29 is 19.1 Å². The summed E-state index contributed by atoms with van der Waals surface area (Å²) in [6, 6.07) is 4.37. The van der Waals surface area contributed by atoms with Crippen LogP contribution in [-0.2, 0) is 11.3 Å². The maximum absolute atomic E-state index is 11.8. The molecular weight excluding hydrogens is 334 g/mol. The monoisotopic (exact) mass is 349 g/mol. The van der Waals surface area contributed by atoms with Crippen LogP contribution in [0.3, 0.4) is 0 Å². The van der Waals surface area contributed by atoms with Crippen LogP contribution in [0.1, 0.15) is 6.92 Å². The molecule has 0 atom stereocenters. The highest BCUT2D eigenvalue weighted by Gasteiger charge is 2.15. The first-order valence-corrected chi connectivity index (χ1v) is 8.15. The Morgan fingerprint density at radius 3 is 3.00 bits per heavy atom. The SMILES string of the molecule is CCn1cnnc1SCC(=O)NC(=O)Nc1ccc2c(c1)OCO2. The van der Waals surface area contributed by atoms with Crippen LogP contribution in [-0.4, -0.2) is 39.2 Å². The molecule has 0 fully saturated rings. The average Bonchev–Trinajstić information content (AvgIpc) is 3.20. The summed E-state index contributed by atoms with van der Waals surface area (Å²) in [5.74, 6) is 0.804. The number of carbonyl (C=O) groups excluding carboxylic acids is 2. The van der Waals surface area contributed by atoms with E-state index in [4.69, 9.17) is 9.47 Å². The van der Waals surface area contributed by atoms with Crippen LogP contribution in [0.15, 0.2) is 29.7 Å². The van der Waals surface area contributed by atoms with Crippen LogP contribution in [0.5, 0.6) is 11.5 Å². The Kier molecular flexibility index (Phi) is 4.85. The van der Waals surface area contributed by atoms with E-state index in [1.165, 1.54) is 11.8 Å². The van der Waals surface area contributed by atoms with Gasteiger partial charge in [-0.1, -0.05) is 11.8 Å². The normalized spacial score (nSPS) is 12.0. The van der Waals surface area contributed by atoms with Crippen molar-refractivity contribution in [2.45, 2.75) is 18.6 Å². The largest absolute Gasteiger partial charge is 0.454 e. The highest BCUT2D eigenvalue weighted by molar-refractivity contribution is 7.99. The number of amides is 3. The number of aryl methyl sites for hydroxylation is 1. The molecule has 0 aliphatic carbocycles. The van der Waals surface area contributed by atoms with Crippen LogP contribution in [0.2, 0.25) is 0 Å². The fourth-order valence-electron chi connectivity index (χ4n) is 2.00. The van der Waals surface area contributed by atoms with Gasteiger partial charge in [-0.3, -0.25) is 10.1 Å². The van der Waals surface area contributed by atoms with Crippen LogP contribution < -0.4 is 20.1 Å². The zero-order valence-corrected chi connectivity index (χ0v) is 13.6. The number of thioether (sulfide) groups is 1. The van der Waals surface area contributed by atoms with Gasteiger partial charge >= 0.3 is 6.03 Å². The third kappa shape index (κ3) is 3.77. The number of hydrogen-bond donors (Lipinski definition) is 2. The molecule has 3 amide bonds. The molecule has 0 saturated carbocycles. The second-order valence-electron chi connectivity index (χ2n) is 4.76. The molecule has 2 heterocycles. The van der Waals surface area contributed by atoms with Gasteiger partial charge < -0.3 is 19.4 Å². The van der Waals surface area contributed by atoms with Crippen molar-refractivity contribution in [2.75, 3.05) is 17.9 Å². The Morgan fingerprint density at radius 1 is 1.33 bits per heavy atom. The van der Waals surface area contributed by atoms with Crippen molar-refractivity contribution in [3.63, 3.8) is 0 Å². The molecule has 3 rings (SSSR count). The lowest BCUT2D eigenvalue weighted by molar-refractivity contribution is -0.117. The lowest BCUT2D eigenvalue weighted by atomic mass is 10.3. The summed E-state index contributed by atoms with van der Waals surface area (Å²) >= 11 is 1.21. The second-order valence-corrected chi connectivity index (χ2v) is 5.70. The highest BCUT2D eigenvalue weighted by Crippen LogP contribution is 2.34. The Balaban J connectivity index is 1.48. The van der Waals surface area contributed by atoms with Gasteiger partial charge in [0.05, 0.1) is 5.75 Å². The van der Waals surface area contributed by atoms with E-state index >= 15 is 0 Å². The Morgan fingerprint density at radius 2 is 2.17 bits per heavy atom. The van der Waals surface area contributed by atoms with Crippen molar-refractivity contribution in [2.24, 2.45) is 0 Å². The summed E-state index contributed by atoms with van der Waals surface area (Å²) < 4.78 is 12.2. The van der Waals surface area contributed by atoms with Crippen LogP contribution in [0.4, 0.5) is 10.5 Å². The quantitative estimate of drug-likeness (QED) is 0.787. The lowest BCUT2D eigenvalue weighted by Gasteiger charge is -2.07. The molecule has 2 aromatic rings. The third-order valence-electron chi connectivity index (χ3n) is 3.14. The van der Waals surface area contributed by atoms with Gasteiger partial charge in [0, 0.05) is 18.3 Å². The minimum atomic E-state index is -0.614. The van der Waals surface area contributed by atoms with Crippen molar-refractivity contribution in [1.29, 1.82) is 0 Å². The average molecular weight is 349 g/mol. The first-order valence-electron chi connectivity index (χ1n) is 7.17. The Bertz CT molecular complexity index is 763. The zero-order chi connectivity index (χ0) is 16.9. The molecule has 0 bridgehead atoms. The number of nitrogens with zero attached hydrogens (tertiary/aromatic N) is 3. The summed E-state index contributed by atoms with van der Waals surface area (Å²) in [6.45, 7) is 2.82. The minimum absolute atomic E-state index is 0.0628. The number of imide groups is 1. The van der Waals surface area contributed by atoms with E-state index in [1.54, 1.807) is 24.5 Å². The van der Waals surface area contributed by atoms with Gasteiger partial charge in [-0.2, -0.15) is 0 Å². The molecule has 126 valence electrons. The van der Waals surface area contributed by atoms with Gasteiger partial charge in [0.2, 0.25) is 12.7 Å². The maximum Gasteiger partial charge on any atom is 0.325 e. The third-order valence-corrected chi connectivity index (χ3v) is 4.12. The van der Waals surface area contributed by atoms with Crippen molar-refractivity contribution in [3.8, 4) is 11.5 Å². The molecule has 0 spiro atoms. The maximum atomic E-state index is 11.8. The molecule has 0 unspecified atom stereocenters. The number of aromatic nitrogens is 3. The molecule has 10 heteroatoms. The fourth-order valence-corrected chi connectivity index (χ4v) is 2.78. The van der Waals surface area contributed by atoms with Crippen LogP contribution >= 0.6 is 11.8 Å². The van der Waals surface area contributed by atoms with E-state index in [2.05, 4.69) is 20.8 Å². The number of benzene rings is 1. The molecule has 1 aliphatic rings. The molecule has 1 aromatic heterocycles. The topological polar surface area (TPSA) is 107 Å². The van der Waals surface area contributed by atoms with Crippen LogP contribution in [0, 0.1) is 0 Å². The molecule has 2 N–H and O–H groups in total. The molecule has 9 nitrogen and oxygen atoms in total. The van der Waals surface area contributed by atoms with E-state index in [0.29, 0.717) is 28.9 Å². The molecule has 1 aliphatic heterocycles. The summed E-state index contributed by atoms with van der Waals surface area (Å²) in [6.07, 6.45) is 1.59. The number of carbonyl (C=O) groups is 2. The lowest BCUT2D eigenvalue weighted by Crippen LogP contribution is -2.35. The first-order chi connectivity index (χ1) is 11.7. The van der Waals surface area contributed by atoms with Crippen molar-refractivity contribution in [3.05, 3.63) is 24.5 Å². The summed E-state index contributed by atoms with van der Waals surface area (Å²) in [5, 5.41) is 13.1. The Labute approximate surface area is 141 Å². The van der Waals surface area contributed by atoms with E-state index in [-0.39, 0.29) is 12.5 Å². The predicted octanol–water partition coefficient (Wildman–Crippen LogP) is 1.47. The van der Waals surface area contributed by atoms with Gasteiger partial charge in [0.15, 0.2) is 16.7 Å². The Hall–Kier alpha value is -2.75. The number of fused-ring (bicyclic) bond motifs is 1. The predicted molar refractivity (Wildman–Crippen MR) is 86.1 cm³/mol. The van der Waals surface area contributed by atoms with Gasteiger partial charge in [0.1, 0.15) is 6.33 Å². The summed E-state index contributed by atoms with van der Waals surface area (Å²) in [5.41, 5.74) is 0.503. The van der Waals surface area contributed by atoms with E-state index in [1.807, 2.05) is 11.5 Å². The first kappa shape index (κ1) is 16.1. The molecular formula is C14H15N5O4S. The van der Waals surface area contributed by atoms with Crippen molar-refractivity contribution >= 4 is 29.4 Å². The van der Waals surface area contributed by atoms with E-state index in [0.717, 1.165) is 0 Å². The number of ether oxygens (including phenoxy) is 2.